The number of aliphatic imine (C=N–C) groups is 1. The molecule has 1 unspecified atom stereocenters. The zero-order valence-electron chi connectivity index (χ0n) is 13.7. The summed E-state index contributed by atoms with van der Waals surface area (Å²) >= 11 is 0. The van der Waals surface area contributed by atoms with Crippen molar-refractivity contribution in [3.8, 4) is 11.5 Å². The second-order valence-electron chi connectivity index (χ2n) is 5.22. The van der Waals surface area contributed by atoms with E-state index in [0.717, 1.165) is 30.5 Å². The number of nitro groups is 2. The molecule has 0 aliphatic heterocycles. The first kappa shape index (κ1) is 19.9. The first-order chi connectivity index (χ1) is 12.6. The van der Waals surface area contributed by atoms with Crippen molar-refractivity contribution in [3.63, 3.8) is 0 Å². The quantitative estimate of drug-likeness (QED) is 0.421. The topological polar surface area (TPSA) is 117 Å². The molecule has 9 nitrogen and oxygen atoms in total. The Kier molecular flexibility index (Phi) is 5.47. The lowest BCUT2D eigenvalue weighted by atomic mass is 9.98. The van der Waals surface area contributed by atoms with Crippen LogP contribution in [-0.2, 0) is 0 Å². The molecule has 0 aromatic heterocycles. The third kappa shape index (κ3) is 4.40. The smallest absolute Gasteiger partial charge is 0.496 e. The number of hydrogen-bond donors (Lipinski definition) is 0. The van der Waals surface area contributed by atoms with E-state index in [1.165, 1.54) is 19.3 Å². The summed E-state index contributed by atoms with van der Waals surface area (Å²) in [7, 11) is 1.23. The van der Waals surface area contributed by atoms with E-state index in [4.69, 9.17) is 4.74 Å². The van der Waals surface area contributed by atoms with Gasteiger partial charge in [-0.2, -0.15) is 0 Å². The molecule has 0 radical (unpaired) electrons. The van der Waals surface area contributed by atoms with Gasteiger partial charge in [0.05, 0.1) is 23.4 Å². The summed E-state index contributed by atoms with van der Waals surface area (Å²) in [4.78, 5) is 24.6. The van der Waals surface area contributed by atoms with Gasteiger partial charge in [0.1, 0.15) is 11.5 Å². The van der Waals surface area contributed by atoms with Crippen molar-refractivity contribution in [2.75, 3.05) is 7.11 Å². The number of alkyl halides is 3. The highest BCUT2D eigenvalue weighted by Crippen LogP contribution is 2.32. The molecule has 0 saturated carbocycles. The molecular formula is C15H12F3N3O6. The summed E-state index contributed by atoms with van der Waals surface area (Å²) in [6.07, 6.45) is -0.933. The summed E-state index contributed by atoms with van der Waals surface area (Å²) in [6.45, 7) is 0. The molecule has 2 rings (SSSR count). The second-order valence-corrected chi connectivity index (χ2v) is 5.22. The fourth-order valence-electron chi connectivity index (χ4n) is 2.36. The van der Waals surface area contributed by atoms with Crippen molar-refractivity contribution in [3.05, 3.63) is 67.9 Å². The van der Waals surface area contributed by atoms with Crippen LogP contribution in [0.2, 0.25) is 0 Å². The van der Waals surface area contributed by atoms with Crippen molar-refractivity contribution < 1.29 is 32.5 Å². The van der Waals surface area contributed by atoms with Crippen LogP contribution >= 0.6 is 0 Å². The third-order valence-corrected chi connectivity index (χ3v) is 3.55. The molecule has 144 valence electrons. The van der Waals surface area contributed by atoms with Crippen LogP contribution in [-0.4, -0.2) is 35.2 Å². The lowest BCUT2D eigenvalue weighted by molar-refractivity contribution is -0.594. The summed E-state index contributed by atoms with van der Waals surface area (Å²) in [5.41, 5.74) is -3.27. The molecule has 12 heteroatoms. The molecule has 1 aliphatic rings. The van der Waals surface area contributed by atoms with E-state index in [1.54, 1.807) is 0 Å². The van der Waals surface area contributed by atoms with Gasteiger partial charge in [-0.3, -0.25) is 20.2 Å². The van der Waals surface area contributed by atoms with Crippen molar-refractivity contribution in [2.24, 2.45) is 4.99 Å². The Bertz CT molecular complexity index is 850. The van der Waals surface area contributed by atoms with Gasteiger partial charge in [-0.15, -0.1) is 13.2 Å². The number of benzene rings is 1. The average molecular weight is 387 g/mol. The molecule has 1 aromatic carbocycles. The van der Waals surface area contributed by atoms with Crippen molar-refractivity contribution >= 4 is 6.21 Å². The predicted molar refractivity (Wildman–Crippen MR) is 85.8 cm³/mol. The Morgan fingerprint density at radius 3 is 2.56 bits per heavy atom. The molecule has 0 heterocycles. The van der Waals surface area contributed by atoms with Gasteiger partial charge in [-0.05, 0) is 18.2 Å². The molecule has 27 heavy (non-hydrogen) atoms. The van der Waals surface area contributed by atoms with Crippen LogP contribution < -0.4 is 9.47 Å². The molecule has 0 saturated heterocycles. The maximum absolute atomic E-state index is 12.4. The van der Waals surface area contributed by atoms with Crippen molar-refractivity contribution in [1.82, 2.24) is 0 Å². The van der Waals surface area contributed by atoms with Gasteiger partial charge in [0, 0.05) is 17.9 Å². The number of nitrogens with zero attached hydrogens (tertiary/aromatic N) is 3. The fraction of sp³-hybridized carbons (Fsp3) is 0.267. The minimum Gasteiger partial charge on any atom is -0.496 e. The third-order valence-electron chi connectivity index (χ3n) is 3.55. The van der Waals surface area contributed by atoms with Gasteiger partial charge >= 0.3 is 17.7 Å². The number of methoxy groups -OCH3 is 1. The van der Waals surface area contributed by atoms with Gasteiger partial charge in [0.15, 0.2) is 0 Å². The first-order valence-corrected chi connectivity index (χ1v) is 7.24. The van der Waals surface area contributed by atoms with E-state index >= 15 is 0 Å². The molecule has 0 fully saturated rings. The van der Waals surface area contributed by atoms with E-state index in [1.807, 2.05) is 0 Å². The Morgan fingerprint density at radius 1 is 1.30 bits per heavy atom. The highest BCUT2D eigenvalue weighted by atomic mass is 19.4. The van der Waals surface area contributed by atoms with Gasteiger partial charge in [0.25, 0.3) is 0 Å². The lowest BCUT2D eigenvalue weighted by Crippen LogP contribution is -2.42. The Hall–Kier alpha value is -3.44. The Morgan fingerprint density at radius 2 is 2.00 bits per heavy atom. The minimum absolute atomic E-state index is 0.0461. The standard InChI is InChI=1S/C15H12F3N3O6/c1-26-12-6-5-11(27-15(16,17)18)8-10(12)9-19-14(21(24)25)7-3-2-4-13(14)20(22)23/h2-6,8-9H,7H2,1H3. The zero-order valence-corrected chi connectivity index (χ0v) is 13.7. The van der Waals surface area contributed by atoms with E-state index in [0.29, 0.717) is 0 Å². The van der Waals surface area contributed by atoms with Gasteiger partial charge in [0.2, 0.25) is 0 Å². The van der Waals surface area contributed by atoms with Crippen LogP contribution in [0.4, 0.5) is 13.2 Å². The summed E-state index contributed by atoms with van der Waals surface area (Å²) < 4.78 is 45.9. The molecule has 0 N–H and O–H groups in total. The predicted octanol–water partition coefficient (Wildman–Crippen LogP) is 3.11. The van der Waals surface area contributed by atoms with Crippen LogP contribution in [0.3, 0.4) is 0 Å². The van der Waals surface area contributed by atoms with Crippen LogP contribution in [0.25, 0.3) is 0 Å². The largest absolute Gasteiger partial charge is 0.573 e. The minimum atomic E-state index is -4.94. The average Bonchev–Trinajstić information content (AvgIpc) is 2.58. The molecule has 1 aromatic rings. The van der Waals surface area contributed by atoms with E-state index < -0.39 is 39.7 Å². The first-order valence-electron chi connectivity index (χ1n) is 7.24. The Labute approximate surface area is 149 Å². The van der Waals surface area contributed by atoms with Crippen LogP contribution in [0.5, 0.6) is 11.5 Å². The summed E-state index contributed by atoms with van der Waals surface area (Å²) in [5.74, 6) is -0.557. The molecule has 0 spiro atoms. The van der Waals surface area contributed by atoms with Gasteiger partial charge in [-0.25, -0.2) is 4.99 Å². The van der Waals surface area contributed by atoms with E-state index in [2.05, 4.69) is 9.73 Å². The van der Waals surface area contributed by atoms with Crippen LogP contribution in [0.1, 0.15) is 12.0 Å². The van der Waals surface area contributed by atoms with E-state index in [9.17, 15) is 33.4 Å². The van der Waals surface area contributed by atoms with Crippen LogP contribution in [0, 0.1) is 20.2 Å². The van der Waals surface area contributed by atoms with Crippen LogP contribution in [0.15, 0.2) is 47.1 Å². The zero-order chi connectivity index (χ0) is 20.2. The summed E-state index contributed by atoms with van der Waals surface area (Å²) in [5, 5.41) is 22.7. The monoisotopic (exact) mass is 387 g/mol. The molecule has 0 amide bonds. The van der Waals surface area contributed by atoms with Gasteiger partial charge < -0.3 is 9.47 Å². The Balaban J connectivity index is 2.49. The summed E-state index contributed by atoms with van der Waals surface area (Å²) in [6, 6.07) is 3.03. The maximum atomic E-state index is 12.4. The van der Waals surface area contributed by atoms with Crippen molar-refractivity contribution in [2.45, 2.75) is 18.4 Å². The van der Waals surface area contributed by atoms with Crippen molar-refractivity contribution in [1.29, 1.82) is 0 Å². The number of allylic oxidation sites excluding steroid dienone is 2. The normalized spacial score (nSPS) is 19.6. The number of ether oxygens (including phenoxy) is 2. The number of hydrogen-bond acceptors (Lipinski definition) is 7. The lowest BCUT2D eigenvalue weighted by Gasteiger charge is -2.19. The molecular weight excluding hydrogens is 375 g/mol. The fourth-order valence-corrected chi connectivity index (χ4v) is 2.36. The second kappa shape index (κ2) is 7.43. The maximum Gasteiger partial charge on any atom is 0.573 e. The molecule has 0 bridgehead atoms. The highest BCUT2D eigenvalue weighted by Gasteiger charge is 2.54. The molecule has 1 atom stereocenters. The molecule has 1 aliphatic carbocycles. The number of halogens is 3. The number of rotatable bonds is 6. The van der Waals surface area contributed by atoms with E-state index in [-0.39, 0.29) is 11.3 Å². The SMILES string of the molecule is COc1ccc(OC(F)(F)F)cc1C=NC1([N+](=O)[O-])CC=CC=C1[N+](=O)[O-]. The highest BCUT2D eigenvalue weighted by molar-refractivity contribution is 5.84. The van der Waals surface area contributed by atoms with Gasteiger partial charge in [-0.1, -0.05) is 12.2 Å².